The first-order valence-electron chi connectivity index (χ1n) is 4.92. The molecule has 84 valence electrons. The highest BCUT2D eigenvalue weighted by atomic mass is 16.6. The fourth-order valence-electron chi connectivity index (χ4n) is 1.40. The Morgan fingerprint density at radius 1 is 1.50 bits per heavy atom. The third kappa shape index (κ3) is 1.81. The van der Waals surface area contributed by atoms with Gasteiger partial charge in [0.15, 0.2) is 6.61 Å². The van der Waals surface area contributed by atoms with Crippen LogP contribution in [0.2, 0.25) is 0 Å². The van der Waals surface area contributed by atoms with Crippen LogP contribution >= 0.6 is 0 Å². The Labute approximate surface area is 92.2 Å². The van der Waals surface area contributed by atoms with E-state index in [2.05, 4.69) is 15.0 Å². The number of pyridine rings is 1. The van der Waals surface area contributed by atoms with Crippen LogP contribution in [0.3, 0.4) is 0 Å². The zero-order valence-electron chi connectivity index (χ0n) is 8.77. The van der Waals surface area contributed by atoms with Crippen LogP contribution in [-0.4, -0.2) is 30.1 Å². The van der Waals surface area contributed by atoms with Crippen molar-refractivity contribution < 1.29 is 14.3 Å². The molecule has 1 saturated heterocycles. The molecule has 0 bridgehead atoms. The number of anilines is 2. The number of nitrogens with zero attached hydrogens (tertiary/aromatic N) is 2. The van der Waals surface area contributed by atoms with Crippen LogP contribution in [0, 0.1) is 0 Å². The van der Waals surface area contributed by atoms with Gasteiger partial charge in [0.1, 0.15) is 5.82 Å². The van der Waals surface area contributed by atoms with Crippen molar-refractivity contribution in [2.75, 3.05) is 23.4 Å². The van der Waals surface area contributed by atoms with E-state index in [1.807, 2.05) is 6.92 Å². The molecule has 2 rings (SSSR count). The smallest absolute Gasteiger partial charge is 0.423 e. The van der Waals surface area contributed by atoms with Gasteiger partial charge in [-0.25, -0.2) is 9.78 Å². The van der Waals surface area contributed by atoms with Crippen molar-refractivity contribution in [2.24, 2.45) is 0 Å². The molecule has 0 spiro atoms. The van der Waals surface area contributed by atoms with Crippen molar-refractivity contribution in [1.82, 2.24) is 4.98 Å². The lowest BCUT2D eigenvalue weighted by atomic mass is 10.4. The molecule has 0 saturated carbocycles. The second kappa shape index (κ2) is 4.18. The van der Waals surface area contributed by atoms with Gasteiger partial charge >= 0.3 is 6.09 Å². The third-order valence-electron chi connectivity index (χ3n) is 2.11. The standard InChI is InChI=1S/C10H11N3O3/c1-2-11-7-3-4-8(12-5-7)13-9(14)6-16-10(13)15/h3-5,11H,2,6H2,1H3. The number of hydrogen-bond donors (Lipinski definition) is 1. The quantitative estimate of drug-likeness (QED) is 0.824. The maximum Gasteiger partial charge on any atom is 0.423 e. The minimum Gasteiger partial charge on any atom is -0.439 e. The van der Waals surface area contributed by atoms with Crippen molar-refractivity contribution in [2.45, 2.75) is 6.92 Å². The summed E-state index contributed by atoms with van der Waals surface area (Å²) in [5, 5.41) is 3.07. The van der Waals surface area contributed by atoms with E-state index in [1.54, 1.807) is 18.3 Å². The lowest BCUT2D eigenvalue weighted by molar-refractivity contribution is -0.117. The lowest BCUT2D eigenvalue weighted by Crippen LogP contribution is -2.29. The van der Waals surface area contributed by atoms with E-state index in [0.29, 0.717) is 0 Å². The normalized spacial score (nSPS) is 15.2. The number of aromatic nitrogens is 1. The van der Waals surface area contributed by atoms with Crippen LogP contribution in [-0.2, 0) is 9.53 Å². The monoisotopic (exact) mass is 221 g/mol. The van der Waals surface area contributed by atoms with Crippen LogP contribution in [0.15, 0.2) is 18.3 Å². The van der Waals surface area contributed by atoms with Gasteiger partial charge in [0.25, 0.3) is 5.91 Å². The zero-order chi connectivity index (χ0) is 11.5. The first-order chi connectivity index (χ1) is 7.72. The van der Waals surface area contributed by atoms with Gasteiger partial charge < -0.3 is 10.1 Å². The Morgan fingerprint density at radius 2 is 2.31 bits per heavy atom. The predicted octanol–water partition coefficient (Wildman–Crippen LogP) is 0.997. The summed E-state index contributed by atoms with van der Waals surface area (Å²) in [6.07, 6.45) is 0.895. The van der Waals surface area contributed by atoms with Gasteiger partial charge in [-0.2, -0.15) is 4.90 Å². The number of ether oxygens (including phenoxy) is 1. The highest BCUT2D eigenvalue weighted by Gasteiger charge is 2.33. The maximum atomic E-state index is 11.3. The molecule has 1 N–H and O–H groups in total. The lowest BCUT2D eigenvalue weighted by Gasteiger charge is -2.10. The summed E-state index contributed by atoms with van der Waals surface area (Å²) in [6.45, 7) is 2.54. The molecule has 0 atom stereocenters. The fraction of sp³-hybridized carbons (Fsp3) is 0.300. The minimum absolute atomic E-state index is 0.213. The fourth-order valence-corrected chi connectivity index (χ4v) is 1.40. The third-order valence-corrected chi connectivity index (χ3v) is 2.11. The van der Waals surface area contributed by atoms with E-state index >= 15 is 0 Å². The Hall–Kier alpha value is -2.11. The Balaban J connectivity index is 2.21. The average molecular weight is 221 g/mol. The Bertz CT molecular complexity index is 400. The van der Waals surface area contributed by atoms with Crippen LogP contribution in [0.5, 0.6) is 0 Å². The molecule has 1 aliphatic heterocycles. The molecule has 1 aromatic heterocycles. The van der Waals surface area contributed by atoms with Gasteiger partial charge in [-0.1, -0.05) is 0 Å². The number of carbonyl (C=O) groups excluding carboxylic acids is 2. The summed E-state index contributed by atoms with van der Waals surface area (Å²) in [5.74, 6) is -0.108. The molecule has 6 nitrogen and oxygen atoms in total. The molecule has 1 aromatic rings. The van der Waals surface area contributed by atoms with E-state index in [0.717, 1.165) is 17.1 Å². The minimum atomic E-state index is -0.672. The number of imide groups is 1. The molecule has 0 aromatic carbocycles. The van der Waals surface area contributed by atoms with E-state index in [-0.39, 0.29) is 12.4 Å². The summed E-state index contributed by atoms with van der Waals surface area (Å²) in [5.41, 5.74) is 0.839. The van der Waals surface area contributed by atoms with Crippen molar-refractivity contribution in [3.05, 3.63) is 18.3 Å². The van der Waals surface area contributed by atoms with Crippen molar-refractivity contribution >= 4 is 23.5 Å². The number of carbonyl (C=O) groups is 2. The van der Waals surface area contributed by atoms with Crippen molar-refractivity contribution in [3.63, 3.8) is 0 Å². The number of nitrogens with one attached hydrogen (secondary N) is 1. The van der Waals surface area contributed by atoms with Crippen molar-refractivity contribution in [3.8, 4) is 0 Å². The summed E-state index contributed by atoms with van der Waals surface area (Å²) >= 11 is 0. The van der Waals surface area contributed by atoms with Gasteiger partial charge in [-0.05, 0) is 19.1 Å². The van der Waals surface area contributed by atoms with E-state index < -0.39 is 12.0 Å². The highest BCUT2D eigenvalue weighted by molar-refractivity contribution is 6.16. The van der Waals surface area contributed by atoms with Gasteiger partial charge in [-0.15, -0.1) is 0 Å². The number of cyclic esters (lactones) is 1. The SMILES string of the molecule is CCNc1ccc(N2C(=O)COC2=O)nc1. The number of amides is 2. The first kappa shape index (κ1) is 10.4. The molecule has 1 fully saturated rings. The largest absolute Gasteiger partial charge is 0.439 e. The molecular weight excluding hydrogens is 210 g/mol. The second-order valence-corrected chi connectivity index (χ2v) is 3.22. The molecule has 0 unspecified atom stereocenters. The molecular formula is C10H11N3O3. The van der Waals surface area contributed by atoms with Gasteiger partial charge in [0, 0.05) is 6.54 Å². The van der Waals surface area contributed by atoms with Crippen LogP contribution in [0.25, 0.3) is 0 Å². The first-order valence-corrected chi connectivity index (χ1v) is 4.92. The maximum absolute atomic E-state index is 11.3. The number of hydrogen-bond acceptors (Lipinski definition) is 5. The van der Waals surface area contributed by atoms with Gasteiger partial charge in [0.2, 0.25) is 0 Å². The average Bonchev–Trinajstić information content (AvgIpc) is 2.61. The molecule has 1 aliphatic rings. The molecule has 0 radical (unpaired) electrons. The van der Waals surface area contributed by atoms with E-state index in [9.17, 15) is 9.59 Å². The topological polar surface area (TPSA) is 71.5 Å². The molecule has 6 heteroatoms. The molecule has 0 aliphatic carbocycles. The summed E-state index contributed by atoms with van der Waals surface area (Å²) in [6, 6.07) is 3.35. The van der Waals surface area contributed by atoms with Crippen molar-refractivity contribution in [1.29, 1.82) is 0 Å². The van der Waals surface area contributed by atoms with E-state index in [4.69, 9.17) is 0 Å². The molecule has 2 heterocycles. The summed E-state index contributed by atoms with van der Waals surface area (Å²) in [4.78, 5) is 27.5. The predicted molar refractivity (Wildman–Crippen MR) is 57.2 cm³/mol. The Morgan fingerprint density at radius 3 is 2.81 bits per heavy atom. The van der Waals surface area contributed by atoms with E-state index in [1.165, 1.54) is 0 Å². The summed E-state index contributed by atoms with van der Waals surface area (Å²) in [7, 11) is 0. The van der Waals surface area contributed by atoms with Gasteiger partial charge in [0.05, 0.1) is 11.9 Å². The highest BCUT2D eigenvalue weighted by Crippen LogP contribution is 2.18. The zero-order valence-corrected chi connectivity index (χ0v) is 8.77. The van der Waals surface area contributed by atoms with Crippen LogP contribution in [0.4, 0.5) is 16.3 Å². The van der Waals surface area contributed by atoms with Gasteiger partial charge in [-0.3, -0.25) is 4.79 Å². The molecule has 16 heavy (non-hydrogen) atoms. The summed E-state index contributed by atoms with van der Waals surface area (Å²) < 4.78 is 4.59. The van der Waals surface area contributed by atoms with Crippen LogP contribution < -0.4 is 10.2 Å². The Kier molecular flexibility index (Phi) is 2.72. The second-order valence-electron chi connectivity index (χ2n) is 3.22. The number of rotatable bonds is 3. The molecule has 2 amide bonds. The van der Waals surface area contributed by atoms with Crippen LogP contribution in [0.1, 0.15) is 6.92 Å².